The Labute approximate surface area is 257 Å². The number of nitrogens with one attached hydrogen (secondary N) is 1. The summed E-state index contributed by atoms with van der Waals surface area (Å²) in [6, 6.07) is 31.0. The quantitative estimate of drug-likeness (QED) is 0.0874. The highest BCUT2D eigenvalue weighted by Gasteiger charge is 2.42. The largest absolute Gasteiger partial charge is 0.465 e. The number of ether oxygens (including phenoxy) is 1. The number of methoxy groups -OCH3 is 1. The van der Waals surface area contributed by atoms with Crippen molar-refractivity contribution in [3.05, 3.63) is 143 Å². The highest BCUT2D eigenvalue weighted by Crippen LogP contribution is 2.43. The first-order valence-corrected chi connectivity index (χ1v) is 14.5. The van der Waals surface area contributed by atoms with Crippen molar-refractivity contribution in [1.82, 2.24) is 14.9 Å². The van der Waals surface area contributed by atoms with Crippen LogP contribution in [0.2, 0.25) is 0 Å². The van der Waals surface area contributed by atoms with Crippen LogP contribution < -0.4 is 10.2 Å². The Morgan fingerprint density at radius 2 is 1.65 bits per heavy atom. The van der Waals surface area contributed by atoms with E-state index in [9.17, 15) is 14.9 Å². The molecule has 1 fully saturated rings. The summed E-state index contributed by atoms with van der Waals surface area (Å²) < 4.78 is 7.06. The van der Waals surface area contributed by atoms with Crippen molar-refractivity contribution in [3.8, 4) is 5.69 Å². The topological polar surface area (TPSA) is 103 Å². The number of anilines is 1. The molecule has 0 bridgehead atoms. The number of esters is 1. The number of nitrogens with zero attached hydrogens (tertiary/aromatic N) is 4. The van der Waals surface area contributed by atoms with E-state index in [1.165, 1.54) is 31.0 Å². The lowest BCUT2D eigenvalue weighted by atomic mass is 10.0. The van der Waals surface area contributed by atoms with E-state index < -0.39 is 10.9 Å². The number of pyridine rings is 1. The SMILES string of the molecule is COC(=O)c1ccccc1-n1cccc1[C@H]1[C@@H](c2ccccn2)NC(=S)N1c1ccc(Sc2ccc([N+](=O)[O-])cc2)cc1. The molecule has 6 rings (SSSR count). The van der Waals surface area contributed by atoms with E-state index in [0.717, 1.165) is 26.9 Å². The van der Waals surface area contributed by atoms with Gasteiger partial charge in [0.2, 0.25) is 0 Å². The first kappa shape index (κ1) is 28.1. The van der Waals surface area contributed by atoms with Gasteiger partial charge < -0.3 is 19.5 Å². The number of thiocarbonyl (C=S) groups is 1. The molecular weight excluding hydrogens is 583 g/mol. The van der Waals surface area contributed by atoms with E-state index >= 15 is 0 Å². The van der Waals surface area contributed by atoms with Gasteiger partial charge in [-0.05, 0) is 85.0 Å². The number of hydrogen-bond donors (Lipinski definition) is 1. The standard InChI is InChI=1S/C32H25N5O4S2/c1-41-31(38)25-7-2-3-9-27(25)35-20-6-10-28(35)30-29(26-8-4-5-19-33-26)34-32(42)36(30)21-11-15-23(16-12-21)43-24-17-13-22(14-18-24)37(39)40/h2-20,29-30H,1H3,(H,34,42)/t29-,30+/m1/s1. The Morgan fingerprint density at radius 1 is 0.953 bits per heavy atom. The Morgan fingerprint density at radius 3 is 2.33 bits per heavy atom. The van der Waals surface area contributed by atoms with Crippen LogP contribution in [0.25, 0.3) is 5.69 Å². The average molecular weight is 608 g/mol. The van der Waals surface area contributed by atoms with Gasteiger partial charge in [-0.25, -0.2) is 4.79 Å². The van der Waals surface area contributed by atoms with Crippen LogP contribution in [0.4, 0.5) is 11.4 Å². The number of carbonyl (C=O) groups excluding carboxylic acids is 1. The van der Waals surface area contributed by atoms with Gasteiger partial charge in [-0.15, -0.1) is 0 Å². The van der Waals surface area contributed by atoms with Crippen molar-refractivity contribution >= 4 is 46.4 Å². The van der Waals surface area contributed by atoms with Gasteiger partial charge in [-0.3, -0.25) is 15.1 Å². The first-order chi connectivity index (χ1) is 20.9. The molecule has 0 amide bonds. The second-order valence-corrected chi connectivity index (χ2v) is 11.2. The number of carbonyl (C=O) groups is 1. The van der Waals surface area contributed by atoms with Crippen LogP contribution in [0.5, 0.6) is 0 Å². The highest BCUT2D eigenvalue weighted by atomic mass is 32.2. The zero-order valence-corrected chi connectivity index (χ0v) is 24.5. The summed E-state index contributed by atoms with van der Waals surface area (Å²) in [5.74, 6) is -0.422. The molecule has 2 aromatic heterocycles. The number of non-ortho nitro benzene ring substituents is 1. The maximum Gasteiger partial charge on any atom is 0.339 e. The predicted octanol–water partition coefficient (Wildman–Crippen LogP) is 6.90. The number of aromatic nitrogens is 2. The molecule has 1 aliphatic rings. The molecule has 5 aromatic rings. The van der Waals surface area contributed by atoms with Crippen LogP contribution in [0.1, 0.15) is 33.8 Å². The van der Waals surface area contributed by atoms with E-state index in [1.807, 2.05) is 83.6 Å². The predicted molar refractivity (Wildman–Crippen MR) is 169 cm³/mol. The molecule has 1 N–H and O–H groups in total. The van der Waals surface area contributed by atoms with Crippen LogP contribution in [-0.4, -0.2) is 32.7 Å². The Kier molecular flexibility index (Phi) is 7.91. The van der Waals surface area contributed by atoms with Gasteiger partial charge in [0, 0.05) is 45.7 Å². The fourth-order valence-electron chi connectivity index (χ4n) is 5.20. The fourth-order valence-corrected chi connectivity index (χ4v) is 6.36. The van der Waals surface area contributed by atoms with E-state index in [4.69, 9.17) is 17.0 Å². The van der Waals surface area contributed by atoms with Gasteiger partial charge >= 0.3 is 5.97 Å². The number of nitro groups is 1. The van der Waals surface area contributed by atoms with Gasteiger partial charge in [0.25, 0.3) is 5.69 Å². The third-order valence-electron chi connectivity index (χ3n) is 7.15. The first-order valence-electron chi connectivity index (χ1n) is 13.3. The van der Waals surface area contributed by atoms with Crippen LogP contribution in [0.15, 0.2) is 125 Å². The molecule has 0 spiro atoms. The van der Waals surface area contributed by atoms with Crippen molar-refractivity contribution in [2.75, 3.05) is 12.0 Å². The summed E-state index contributed by atoms with van der Waals surface area (Å²) in [6.07, 6.45) is 3.69. The summed E-state index contributed by atoms with van der Waals surface area (Å²) >= 11 is 7.43. The van der Waals surface area contributed by atoms with Gasteiger partial charge in [-0.1, -0.05) is 30.0 Å². The molecule has 9 nitrogen and oxygen atoms in total. The lowest BCUT2D eigenvalue weighted by Crippen LogP contribution is -2.30. The van der Waals surface area contributed by atoms with Gasteiger partial charge in [0.05, 0.1) is 35.0 Å². The molecule has 1 saturated heterocycles. The summed E-state index contributed by atoms with van der Waals surface area (Å²) in [7, 11) is 1.37. The Balaban J connectivity index is 1.38. The minimum Gasteiger partial charge on any atom is -0.465 e. The Bertz CT molecular complexity index is 1790. The second kappa shape index (κ2) is 12.1. The number of benzene rings is 3. The molecule has 214 valence electrons. The van der Waals surface area contributed by atoms with Crippen LogP contribution in [0, 0.1) is 10.1 Å². The summed E-state index contributed by atoms with van der Waals surface area (Å²) in [4.78, 5) is 31.9. The number of nitro benzene ring substituents is 1. The molecular formula is C32H25N5O4S2. The zero-order chi connectivity index (χ0) is 29.9. The van der Waals surface area contributed by atoms with E-state index in [-0.39, 0.29) is 17.8 Å². The molecule has 43 heavy (non-hydrogen) atoms. The molecule has 0 aliphatic carbocycles. The van der Waals surface area contributed by atoms with Crippen molar-refractivity contribution < 1.29 is 14.5 Å². The van der Waals surface area contributed by atoms with Gasteiger partial charge in [0.15, 0.2) is 5.11 Å². The van der Waals surface area contributed by atoms with E-state index in [0.29, 0.717) is 16.4 Å². The fraction of sp³-hybridized carbons (Fsp3) is 0.0938. The monoisotopic (exact) mass is 607 g/mol. The molecule has 0 radical (unpaired) electrons. The lowest BCUT2D eigenvalue weighted by molar-refractivity contribution is -0.384. The van der Waals surface area contributed by atoms with Crippen LogP contribution >= 0.6 is 24.0 Å². The highest BCUT2D eigenvalue weighted by molar-refractivity contribution is 7.99. The molecule has 3 heterocycles. The minimum absolute atomic E-state index is 0.0576. The molecule has 2 atom stereocenters. The molecule has 0 unspecified atom stereocenters. The van der Waals surface area contributed by atoms with Crippen LogP contribution in [-0.2, 0) is 4.74 Å². The number of hydrogen-bond acceptors (Lipinski definition) is 7. The maximum absolute atomic E-state index is 12.7. The van der Waals surface area contributed by atoms with Crippen LogP contribution in [0.3, 0.4) is 0 Å². The summed E-state index contributed by atoms with van der Waals surface area (Å²) in [5.41, 5.74) is 3.82. The van der Waals surface area contributed by atoms with Crippen molar-refractivity contribution in [2.45, 2.75) is 21.9 Å². The van der Waals surface area contributed by atoms with Crippen molar-refractivity contribution in [2.24, 2.45) is 0 Å². The lowest BCUT2D eigenvalue weighted by Gasteiger charge is -2.29. The molecule has 3 aromatic carbocycles. The number of rotatable bonds is 8. The van der Waals surface area contributed by atoms with E-state index in [1.54, 1.807) is 24.4 Å². The minimum atomic E-state index is -0.422. The van der Waals surface area contributed by atoms with E-state index in [2.05, 4.69) is 15.2 Å². The summed E-state index contributed by atoms with van der Waals surface area (Å²) in [5, 5.41) is 15.0. The smallest absolute Gasteiger partial charge is 0.339 e. The molecule has 1 aliphatic heterocycles. The van der Waals surface area contributed by atoms with Crippen molar-refractivity contribution in [1.29, 1.82) is 0 Å². The summed E-state index contributed by atoms with van der Waals surface area (Å²) in [6.45, 7) is 0. The third kappa shape index (κ3) is 5.60. The maximum atomic E-state index is 12.7. The molecule has 11 heteroatoms. The van der Waals surface area contributed by atoms with Gasteiger partial charge in [-0.2, -0.15) is 0 Å². The normalized spacial score (nSPS) is 16.1. The number of para-hydroxylation sites is 1. The van der Waals surface area contributed by atoms with Gasteiger partial charge in [0.1, 0.15) is 6.04 Å². The molecule has 0 saturated carbocycles. The third-order valence-corrected chi connectivity index (χ3v) is 8.48. The average Bonchev–Trinajstić information content (AvgIpc) is 3.66. The Hall–Kier alpha value is -5.00. The zero-order valence-electron chi connectivity index (χ0n) is 22.9. The van der Waals surface area contributed by atoms with Crippen molar-refractivity contribution in [3.63, 3.8) is 0 Å². The second-order valence-electron chi connectivity index (χ2n) is 9.66.